The minimum atomic E-state index is -0.586. The number of amides is 1. The molecule has 0 aliphatic rings. The highest BCUT2D eigenvalue weighted by atomic mass is 32.1. The molecule has 0 aliphatic heterocycles. The van der Waals surface area contributed by atoms with Gasteiger partial charge < -0.3 is 16.2 Å². The van der Waals surface area contributed by atoms with Gasteiger partial charge in [0.05, 0.1) is 17.7 Å². The van der Waals surface area contributed by atoms with Gasteiger partial charge in [-0.1, -0.05) is 30.4 Å². The highest BCUT2D eigenvalue weighted by Gasteiger charge is 2.13. The maximum atomic E-state index is 13.7. The van der Waals surface area contributed by atoms with Gasteiger partial charge in [0.25, 0.3) is 0 Å². The highest BCUT2D eigenvalue weighted by molar-refractivity contribution is 7.80. The van der Waals surface area contributed by atoms with E-state index < -0.39 is 5.82 Å². The molecule has 2 aromatic carbocycles. The average molecular weight is 304 g/mol. The van der Waals surface area contributed by atoms with Crippen LogP contribution in [0.4, 0.5) is 10.1 Å². The molecule has 0 saturated carbocycles. The third-order valence-corrected chi connectivity index (χ3v) is 3.01. The molecule has 0 aliphatic carbocycles. The van der Waals surface area contributed by atoms with Crippen LogP contribution >= 0.6 is 12.2 Å². The molecule has 0 fully saturated rings. The van der Waals surface area contributed by atoms with Gasteiger partial charge in [-0.25, -0.2) is 4.39 Å². The van der Waals surface area contributed by atoms with E-state index in [4.69, 9.17) is 18.0 Å². The largest absolute Gasteiger partial charge is 0.508 e. The summed E-state index contributed by atoms with van der Waals surface area (Å²) in [7, 11) is 0. The predicted octanol–water partition coefficient (Wildman–Crippen LogP) is 2.35. The first kappa shape index (κ1) is 14.9. The lowest BCUT2D eigenvalue weighted by atomic mass is 10.1. The Kier molecular flexibility index (Phi) is 4.49. The number of carbonyl (C=O) groups is 1. The number of phenols is 1. The number of nitrogens with two attached hydrogens (primary N) is 1. The Labute approximate surface area is 126 Å². The Balaban J connectivity index is 2.17. The molecular formula is C15H13FN2O2S. The maximum Gasteiger partial charge on any atom is 0.228 e. The number of rotatable bonds is 4. The van der Waals surface area contributed by atoms with Crippen LogP contribution in [0.1, 0.15) is 11.1 Å². The molecule has 4 N–H and O–H groups in total. The lowest BCUT2D eigenvalue weighted by Crippen LogP contribution is -2.20. The van der Waals surface area contributed by atoms with Crippen LogP contribution in [0.2, 0.25) is 0 Å². The summed E-state index contributed by atoms with van der Waals surface area (Å²) in [4.78, 5) is 11.9. The molecule has 0 aromatic heterocycles. The van der Waals surface area contributed by atoms with Crippen molar-refractivity contribution >= 4 is 28.8 Å². The van der Waals surface area contributed by atoms with Gasteiger partial charge in [0, 0.05) is 0 Å². The Bertz CT molecular complexity index is 704. The summed E-state index contributed by atoms with van der Waals surface area (Å²) < 4.78 is 13.7. The van der Waals surface area contributed by atoms with Crippen molar-refractivity contribution in [2.45, 2.75) is 6.42 Å². The van der Waals surface area contributed by atoms with E-state index in [2.05, 4.69) is 5.32 Å². The fraction of sp³-hybridized carbons (Fsp3) is 0.0667. The number of nitrogens with one attached hydrogen (secondary N) is 1. The summed E-state index contributed by atoms with van der Waals surface area (Å²) in [5, 5.41) is 11.9. The molecular weight excluding hydrogens is 291 g/mol. The average Bonchev–Trinajstić information content (AvgIpc) is 2.37. The normalized spacial score (nSPS) is 10.1. The third kappa shape index (κ3) is 3.76. The molecule has 0 atom stereocenters. The lowest BCUT2D eigenvalue weighted by molar-refractivity contribution is -0.115. The van der Waals surface area contributed by atoms with Crippen LogP contribution in [0.3, 0.4) is 0 Å². The van der Waals surface area contributed by atoms with Gasteiger partial charge in [-0.15, -0.1) is 0 Å². The summed E-state index contributed by atoms with van der Waals surface area (Å²) >= 11 is 4.79. The van der Waals surface area contributed by atoms with Crippen molar-refractivity contribution in [3.63, 3.8) is 0 Å². The summed E-state index contributed by atoms with van der Waals surface area (Å²) in [6.45, 7) is 0. The Morgan fingerprint density at radius 2 is 2.00 bits per heavy atom. The number of benzene rings is 2. The summed E-state index contributed by atoms with van der Waals surface area (Å²) in [5.41, 5.74) is 6.35. The lowest BCUT2D eigenvalue weighted by Gasteiger charge is -2.11. The van der Waals surface area contributed by atoms with Gasteiger partial charge in [-0.2, -0.15) is 0 Å². The van der Waals surface area contributed by atoms with E-state index >= 15 is 0 Å². The van der Waals surface area contributed by atoms with Crippen molar-refractivity contribution in [2.75, 3.05) is 5.32 Å². The molecule has 0 heterocycles. The number of phenolic OH excluding ortho intramolecular Hbond substituents is 1. The summed E-state index contributed by atoms with van der Waals surface area (Å²) in [6, 6.07) is 10.6. The molecule has 1 amide bonds. The van der Waals surface area contributed by atoms with Gasteiger partial charge in [-0.05, 0) is 29.8 Å². The molecule has 6 heteroatoms. The molecule has 0 bridgehead atoms. The first-order valence-electron chi connectivity index (χ1n) is 6.13. The van der Waals surface area contributed by atoms with Crippen molar-refractivity contribution in [3.05, 3.63) is 59.4 Å². The van der Waals surface area contributed by atoms with E-state index in [0.29, 0.717) is 5.56 Å². The van der Waals surface area contributed by atoms with Gasteiger partial charge in [0.15, 0.2) is 0 Å². The van der Waals surface area contributed by atoms with Crippen molar-refractivity contribution in [1.82, 2.24) is 0 Å². The van der Waals surface area contributed by atoms with E-state index in [1.54, 1.807) is 12.1 Å². The van der Waals surface area contributed by atoms with Crippen LogP contribution in [-0.4, -0.2) is 16.0 Å². The molecule has 4 nitrogen and oxygen atoms in total. The molecule has 0 saturated heterocycles. The quantitative estimate of drug-likeness (QED) is 0.758. The third-order valence-electron chi connectivity index (χ3n) is 2.81. The molecule has 108 valence electrons. The second-order valence-corrected chi connectivity index (χ2v) is 4.86. The second-order valence-electron chi connectivity index (χ2n) is 4.42. The van der Waals surface area contributed by atoms with E-state index in [0.717, 1.165) is 0 Å². The molecule has 0 unspecified atom stereocenters. The van der Waals surface area contributed by atoms with Crippen LogP contribution in [0.5, 0.6) is 5.75 Å². The van der Waals surface area contributed by atoms with E-state index in [-0.39, 0.29) is 34.3 Å². The fourth-order valence-corrected chi connectivity index (χ4v) is 2.13. The number of halogens is 1. The molecule has 21 heavy (non-hydrogen) atoms. The molecule has 0 spiro atoms. The Morgan fingerprint density at radius 3 is 2.67 bits per heavy atom. The Morgan fingerprint density at radius 1 is 1.29 bits per heavy atom. The van der Waals surface area contributed by atoms with Gasteiger partial charge in [0.1, 0.15) is 16.6 Å². The van der Waals surface area contributed by atoms with Gasteiger partial charge >= 0.3 is 0 Å². The first-order chi connectivity index (χ1) is 9.97. The maximum absolute atomic E-state index is 13.7. The zero-order chi connectivity index (χ0) is 15.4. The minimum absolute atomic E-state index is 0.0109. The Hall–Kier alpha value is -2.47. The predicted molar refractivity (Wildman–Crippen MR) is 82.7 cm³/mol. The van der Waals surface area contributed by atoms with E-state index in [1.807, 2.05) is 0 Å². The highest BCUT2D eigenvalue weighted by Crippen LogP contribution is 2.19. The van der Waals surface area contributed by atoms with Crippen molar-refractivity contribution in [1.29, 1.82) is 0 Å². The fourth-order valence-electron chi connectivity index (χ4n) is 1.92. The van der Waals surface area contributed by atoms with Crippen molar-refractivity contribution < 1.29 is 14.3 Å². The topological polar surface area (TPSA) is 75.3 Å². The van der Waals surface area contributed by atoms with Crippen LogP contribution < -0.4 is 11.1 Å². The SMILES string of the molecule is NC(=S)c1c(F)cccc1NC(=O)Cc1cccc(O)c1. The number of aromatic hydroxyl groups is 1. The zero-order valence-corrected chi connectivity index (χ0v) is 11.8. The van der Waals surface area contributed by atoms with Gasteiger partial charge in [0.2, 0.25) is 5.91 Å². The van der Waals surface area contributed by atoms with Crippen LogP contribution in [0.25, 0.3) is 0 Å². The van der Waals surface area contributed by atoms with E-state index in [9.17, 15) is 14.3 Å². The number of hydrogen-bond acceptors (Lipinski definition) is 3. The second kappa shape index (κ2) is 6.32. The first-order valence-corrected chi connectivity index (χ1v) is 6.54. The number of hydrogen-bond donors (Lipinski definition) is 3. The van der Waals surface area contributed by atoms with Gasteiger partial charge in [-0.3, -0.25) is 4.79 Å². The van der Waals surface area contributed by atoms with Crippen molar-refractivity contribution in [2.24, 2.45) is 5.73 Å². The minimum Gasteiger partial charge on any atom is -0.508 e. The zero-order valence-electron chi connectivity index (χ0n) is 11.0. The molecule has 0 radical (unpaired) electrons. The van der Waals surface area contributed by atoms with Crippen LogP contribution in [0.15, 0.2) is 42.5 Å². The molecule has 2 aromatic rings. The smallest absolute Gasteiger partial charge is 0.228 e. The van der Waals surface area contributed by atoms with E-state index in [1.165, 1.54) is 30.3 Å². The van der Waals surface area contributed by atoms with Crippen molar-refractivity contribution in [3.8, 4) is 5.75 Å². The molecule has 2 rings (SSSR count). The number of anilines is 1. The summed E-state index contributed by atoms with van der Waals surface area (Å²) in [6.07, 6.45) is 0.0433. The number of carbonyl (C=O) groups excluding carboxylic acids is 1. The number of thiocarbonyl (C=S) groups is 1. The monoisotopic (exact) mass is 304 g/mol. The van der Waals surface area contributed by atoms with Crippen LogP contribution in [0, 0.1) is 5.82 Å². The standard InChI is InChI=1S/C15H13FN2O2S/c16-11-5-2-6-12(14(11)15(17)21)18-13(20)8-9-3-1-4-10(19)7-9/h1-7,19H,8H2,(H2,17,21)(H,18,20). The van der Waals surface area contributed by atoms with Crippen LogP contribution in [-0.2, 0) is 11.2 Å². The summed E-state index contributed by atoms with van der Waals surface area (Å²) in [5.74, 6) is -0.865.